The molecule has 1 aliphatic heterocycles. The number of hydrogen-bond acceptors (Lipinski definition) is 1. The van der Waals surface area contributed by atoms with E-state index >= 15 is 0 Å². The summed E-state index contributed by atoms with van der Waals surface area (Å²) in [6, 6.07) is 14.8. The van der Waals surface area contributed by atoms with Crippen molar-refractivity contribution in [2.45, 2.75) is 32.0 Å². The number of aryl methyl sites for hydroxylation is 1. The second-order valence-corrected chi connectivity index (χ2v) is 6.06. The zero-order valence-electron chi connectivity index (χ0n) is 12.9. The van der Waals surface area contributed by atoms with E-state index in [1.807, 2.05) is 24.3 Å². The largest absolute Gasteiger partial charge is 0.416 e. The van der Waals surface area contributed by atoms with E-state index in [9.17, 15) is 13.2 Å². The van der Waals surface area contributed by atoms with Crippen LogP contribution in [0.3, 0.4) is 0 Å². The van der Waals surface area contributed by atoms with Gasteiger partial charge in [0, 0.05) is 13.1 Å². The Kier molecular flexibility index (Phi) is 4.71. The van der Waals surface area contributed by atoms with Gasteiger partial charge in [0.15, 0.2) is 0 Å². The van der Waals surface area contributed by atoms with Crippen LogP contribution in [-0.4, -0.2) is 18.0 Å². The number of halogens is 3. The van der Waals surface area contributed by atoms with Gasteiger partial charge in [-0.1, -0.05) is 42.5 Å². The van der Waals surface area contributed by atoms with E-state index in [2.05, 4.69) is 17.0 Å². The second kappa shape index (κ2) is 6.75. The van der Waals surface area contributed by atoms with E-state index in [0.29, 0.717) is 25.1 Å². The lowest BCUT2D eigenvalue weighted by Crippen LogP contribution is -2.32. The molecule has 0 fully saturated rings. The number of hydrogen-bond donors (Lipinski definition) is 0. The van der Waals surface area contributed by atoms with Gasteiger partial charge >= 0.3 is 6.18 Å². The first kappa shape index (κ1) is 16.1. The van der Waals surface area contributed by atoms with E-state index in [0.717, 1.165) is 24.9 Å². The van der Waals surface area contributed by atoms with Crippen molar-refractivity contribution in [1.82, 2.24) is 4.90 Å². The maximum absolute atomic E-state index is 13.0. The number of alkyl halides is 3. The maximum Gasteiger partial charge on any atom is 0.416 e. The SMILES string of the molecule is FC(F)(F)c1cccc2c1CCN(CCCc1ccccc1)C2. The van der Waals surface area contributed by atoms with E-state index < -0.39 is 11.7 Å². The lowest BCUT2D eigenvalue weighted by molar-refractivity contribution is -0.138. The first-order valence-electron chi connectivity index (χ1n) is 7.98. The van der Waals surface area contributed by atoms with Crippen molar-refractivity contribution in [3.63, 3.8) is 0 Å². The Morgan fingerprint density at radius 1 is 0.957 bits per heavy atom. The summed E-state index contributed by atoms with van der Waals surface area (Å²) in [5.41, 5.74) is 2.16. The molecule has 0 amide bonds. The number of nitrogens with zero attached hydrogens (tertiary/aromatic N) is 1. The number of rotatable bonds is 4. The molecule has 2 aromatic rings. The minimum absolute atomic E-state index is 0.459. The topological polar surface area (TPSA) is 3.24 Å². The van der Waals surface area contributed by atoms with Crippen molar-refractivity contribution in [3.05, 3.63) is 70.8 Å². The molecule has 0 unspecified atom stereocenters. The Morgan fingerprint density at radius 3 is 2.48 bits per heavy atom. The first-order chi connectivity index (χ1) is 11.0. The summed E-state index contributed by atoms with van der Waals surface area (Å²) < 4.78 is 39.1. The van der Waals surface area contributed by atoms with Crippen molar-refractivity contribution in [1.29, 1.82) is 0 Å². The summed E-state index contributed by atoms with van der Waals surface area (Å²) in [5.74, 6) is 0. The highest BCUT2D eigenvalue weighted by atomic mass is 19.4. The lowest BCUT2D eigenvalue weighted by atomic mass is 9.94. The van der Waals surface area contributed by atoms with Crippen LogP contribution in [0.1, 0.15) is 28.7 Å². The monoisotopic (exact) mass is 319 g/mol. The molecular formula is C19H20F3N. The third kappa shape index (κ3) is 3.94. The van der Waals surface area contributed by atoms with Crippen molar-refractivity contribution >= 4 is 0 Å². The van der Waals surface area contributed by atoms with Gasteiger partial charge in [-0.05, 0) is 48.6 Å². The van der Waals surface area contributed by atoms with Gasteiger partial charge in [-0.3, -0.25) is 4.90 Å². The van der Waals surface area contributed by atoms with E-state index in [1.54, 1.807) is 0 Å². The van der Waals surface area contributed by atoms with Crippen LogP contribution in [0.2, 0.25) is 0 Å². The molecule has 0 radical (unpaired) electrons. The molecule has 23 heavy (non-hydrogen) atoms. The van der Waals surface area contributed by atoms with Crippen LogP contribution in [-0.2, 0) is 25.6 Å². The van der Waals surface area contributed by atoms with E-state index in [1.165, 1.54) is 17.7 Å². The standard InChI is InChI=1S/C19H20F3N/c20-19(21,22)18-10-4-9-16-14-23(13-11-17(16)18)12-5-8-15-6-2-1-3-7-15/h1-4,6-7,9-10H,5,8,11-14H2. The Labute approximate surface area is 134 Å². The summed E-state index contributed by atoms with van der Waals surface area (Å²) >= 11 is 0. The average molecular weight is 319 g/mol. The second-order valence-electron chi connectivity index (χ2n) is 6.06. The van der Waals surface area contributed by atoms with Gasteiger partial charge in [-0.15, -0.1) is 0 Å². The van der Waals surface area contributed by atoms with Crippen LogP contribution in [0.4, 0.5) is 13.2 Å². The molecule has 0 aliphatic carbocycles. The predicted molar refractivity (Wildman–Crippen MR) is 85.2 cm³/mol. The molecule has 0 atom stereocenters. The van der Waals surface area contributed by atoms with Crippen LogP contribution < -0.4 is 0 Å². The summed E-state index contributed by atoms with van der Waals surface area (Å²) in [5, 5.41) is 0. The molecule has 1 aliphatic rings. The van der Waals surface area contributed by atoms with Gasteiger partial charge in [0.2, 0.25) is 0 Å². The fourth-order valence-electron chi connectivity index (χ4n) is 3.28. The highest BCUT2D eigenvalue weighted by Gasteiger charge is 2.35. The normalized spacial score (nSPS) is 15.4. The molecular weight excluding hydrogens is 299 g/mol. The van der Waals surface area contributed by atoms with E-state index in [4.69, 9.17) is 0 Å². The maximum atomic E-state index is 13.0. The third-order valence-electron chi connectivity index (χ3n) is 4.43. The highest BCUT2D eigenvalue weighted by Crippen LogP contribution is 2.35. The Morgan fingerprint density at radius 2 is 1.74 bits per heavy atom. The van der Waals surface area contributed by atoms with Gasteiger partial charge in [-0.25, -0.2) is 0 Å². The fourth-order valence-corrected chi connectivity index (χ4v) is 3.28. The first-order valence-corrected chi connectivity index (χ1v) is 7.98. The lowest BCUT2D eigenvalue weighted by Gasteiger charge is -2.30. The third-order valence-corrected chi connectivity index (χ3v) is 4.43. The molecule has 0 saturated heterocycles. The van der Waals surface area contributed by atoms with Crippen molar-refractivity contribution < 1.29 is 13.2 Å². The van der Waals surface area contributed by atoms with Gasteiger partial charge in [-0.2, -0.15) is 13.2 Å². The summed E-state index contributed by atoms with van der Waals surface area (Å²) in [6.07, 6.45) is -1.73. The molecule has 122 valence electrons. The molecule has 4 heteroatoms. The Balaban J connectivity index is 1.60. The molecule has 1 heterocycles. The highest BCUT2D eigenvalue weighted by molar-refractivity contribution is 5.38. The Bertz CT molecular complexity index is 649. The minimum Gasteiger partial charge on any atom is -0.299 e. The van der Waals surface area contributed by atoms with Crippen LogP contribution in [0.15, 0.2) is 48.5 Å². The minimum atomic E-state index is -4.25. The zero-order chi connectivity index (χ0) is 16.3. The van der Waals surface area contributed by atoms with Crippen LogP contribution in [0.25, 0.3) is 0 Å². The van der Waals surface area contributed by atoms with Crippen molar-refractivity contribution in [2.75, 3.05) is 13.1 Å². The van der Waals surface area contributed by atoms with Crippen molar-refractivity contribution in [2.24, 2.45) is 0 Å². The van der Waals surface area contributed by atoms with Crippen LogP contribution in [0.5, 0.6) is 0 Å². The molecule has 3 rings (SSSR count). The van der Waals surface area contributed by atoms with Crippen LogP contribution in [0, 0.1) is 0 Å². The molecule has 0 aromatic heterocycles. The molecule has 2 aromatic carbocycles. The summed E-state index contributed by atoms with van der Waals surface area (Å²) in [4.78, 5) is 2.26. The fraction of sp³-hybridized carbons (Fsp3) is 0.368. The van der Waals surface area contributed by atoms with Gasteiger partial charge < -0.3 is 0 Å². The van der Waals surface area contributed by atoms with Crippen LogP contribution >= 0.6 is 0 Å². The predicted octanol–water partition coefficient (Wildman–Crippen LogP) is 4.70. The van der Waals surface area contributed by atoms with Gasteiger partial charge in [0.1, 0.15) is 0 Å². The van der Waals surface area contributed by atoms with Gasteiger partial charge in [0.25, 0.3) is 0 Å². The molecule has 1 nitrogen and oxygen atoms in total. The molecule has 0 saturated carbocycles. The van der Waals surface area contributed by atoms with Gasteiger partial charge in [0.05, 0.1) is 5.56 Å². The quantitative estimate of drug-likeness (QED) is 0.790. The van der Waals surface area contributed by atoms with Crippen molar-refractivity contribution in [3.8, 4) is 0 Å². The smallest absolute Gasteiger partial charge is 0.299 e. The number of benzene rings is 2. The summed E-state index contributed by atoms with van der Waals surface area (Å²) in [7, 11) is 0. The molecule has 0 bridgehead atoms. The summed E-state index contributed by atoms with van der Waals surface area (Å²) in [6.45, 7) is 2.24. The Hall–Kier alpha value is -1.81. The number of fused-ring (bicyclic) bond motifs is 1. The molecule has 0 spiro atoms. The van der Waals surface area contributed by atoms with E-state index in [-0.39, 0.29) is 0 Å². The zero-order valence-corrected chi connectivity index (χ0v) is 12.9. The average Bonchev–Trinajstić information content (AvgIpc) is 2.54. The molecule has 0 N–H and O–H groups in total.